The maximum absolute atomic E-state index is 10.5. The zero-order chi connectivity index (χ0) is 13.1. The molecule has 0 amide bonds. The number of hydrogen-bond acceptors (Lipinski definition) is 2. The first kappa shape index (κ1) is 14.3. The normalized spacial score (nSPS) is 37.7. The van der Waals surface area contributed by atoms with Crippen LogP contribution >= 0.6 is 0 Å². The van der Waals surface area contributed by atoms with Gasteiger partial charge in [0, 0.05) is 19.1 Å². The average molecular weight is 253 g/mol. The third kappa shape index (κ3) is 3.48. The number of aliphatic hydroxyl groups excluding tert-OH is 1. The summed E-state index contributed by atoms with van der Waals surface area (Å²) in [7, 11) is 0. The molecule has 1 saturated carbocycles. The fraction of sp³-hybridized carbons (Fsp3) is 1.00. The van der Waals surface area contributed by atoms with Gasteiger partial charge in [0.25, 0.3) is 0 Å². The fourth-order valence-electron chi connectivity index (χ4n) is 3.98. The molecule has 0 bridgehead atoms. The van der Waals surface area contributed by atoms with Crippen molar-refractivity contribution in [2.45, 2.75) is 71.4 Å². The zero-order valence-electron chi connectivity index (χ0n) is 12.4. The third-order valence-corrected chi connectivity index (χ3v) is 5.34. The standard InChI is InChI=1S/C16H31NO/c1-12-9-13(2)14(3)17(10-12)11-16(18)15-7-5-4-6-8-15/h12-16,18H,4-11H2,1-3H3. The van der Waals surface area contributed by atoms with Gasteiger partial charge in [-0.25, -0.2) is 0 Å². The Balaban J connectivity index is 1.86. The largest absolute Gasteiger partial charge is 0.392 e. The smallest absolute Gasteiger partial charge is 0.0695 e. The van der Waals surface area contributed by atoms with Crippen LogP contribution in [-0.2, 0) is 0 Å². The van der Waals surface area contributed by atoms with Gasteiger partial charge in [-0.2, -0.15) is 0 Å². The van der Waals surface area contributed by atoms with Crippen LogP contribution < -0.4 is 0 Å². The highest BCUT2D eigenvalue weighted by Gasteiger charge is 2.31. The summed E-state index contributed by atoms with van der Waals surface area (Å²) in [4.78, 5) is 2.54. The van der Waals surface area contributed by atoms with Crippen molar-refractivity contribution in [3.8, 4) is 0 Å². The molecular formula is C16H31NO. The van der Waals surface area contributed by atoms with E-state index in [0.717, 1.165) is 18.4 Å². The lowest BCUT2D eigenvalue weighted by atomic mass is 9.83. The molecule has 1 saturated heterocycles. The maximum Gasteiger partial charge on any atom is 0.0695 e. The highest BCUT2D eigenvalue weighted by Crippen LogP contribution is 2.30. The van der Waals surface area contributed by atoms with Crippen LogP contribution in [0.15, 0.2) is 0 Å². The van der Waals surface area contributed by atoms with Crippen LogP contribution in [0.2, 0.25) is 0 Å². The number of rotatable bonds is 3. The number of β-amino-alcohol motifs (C(OH)–C–C–N with tert-alkyl or cyclic N) is 1. The van der Waals surface area contributed by atoms with Crippen molar-refractivity contribution >= 4 is 0 Å². The SMILES string of the molecule is CC1CC(C)C(C)N(CC(O)C2CCCCC2)C1. The zero-order valence-corrected chi connectivity index (χ0v) is 12.4. The van der Waals surface area contributed by atoms with Crippen LogP contribution in [0.5, 0.6) is 0 Å². The van der Waals surface area contributed by atoms with E-state index in [9.17, 15) is 5.11 Å². The first-order valence-electron chi connectivity index (χ1n) is 8.00. The molecule has 0 aromatic carbocycles. The minimum absolute atomic E-state index is 0.0924. The Bertz CT molecular complexity index is 249. The molecule has 4 unspecified atom stereocenters. The second-order valence-corrected chi connectivity index (χ2v) is 6.98. The summed E-state index contributed by atoms with van der Waals surface area (Å²) in [5.74, 6) is 2.13. The third-order valence-electron chi connectivity index (χ3n) is 5.34. The molecule has 2 heteroatoms. The van der Waals surface area contributed by atoms with Gasteiger partial charge in [-0.15, -0.1) is 0 Å². The molecule has 0 aromatic heterocycles. The van der Waals surface area contributed by atoms with E-state index in [1.165, 1.54) is 45.1 Å². The summed E-state index contributed by atoms with van der Waals surface area (Å²) in [5, 5.41) is 10.5. The Morgan fingerprint density at radius 1 is 1.11 bits per heavy atom. The Morgan fingerprint density at radius 2 is 1.78 bits per heavy atom. The number of aliphatic hydroxyl groups is 1. The van der Waals surface area contributed by atoms with Gasteiger partial charge in [0.05, 0.1) is 6.10 Å². The van der Waals surface area contributed by atoms with E-state index in [2.05, 4.69) is 25.7 Å². The summed E-state index contributed by atoms with van der Waals surface area (Å²) >= 11 is 0. The Morgan fingerprint density at radius 3 is 2.44 bits per heavy atom. The first-order chi connectivity index (χ1) is 8.58. The van der Waals surface area contributed by atoms with Crippen molar-refractivity contribution in [3.63, 3.8) is 0 Å². The monoisotopic (exact) mass is 253 g/mol. The lowest BCUT2D eigenvalue weighted by Gasteiger charge is -2.43. The van der Waals surface area contributed by atoms with Gasteiger partial charge in [0.2, 0.25) is 0 Å². The van der Waals surface area contributed by atoms with Crippen LogP contribution in [0, 0.1) is 17.8 Å². The van der Waals surface area contributed by atoms with Gasteiger partial charge < -0.3 is 5.11 Å². The lowest BCUT2D eigenvalue weighted by molar-refractivity contribution is 0.00171. The second-order valence-electron chi connectivity index (χ2n) is 6.98. The van der Waals surface area contributed by atoms with Gasteiger partial charge >= 0.3 is 0 Å². The Labute approximate surface area is 113 Å². The van der Waals surface area contributed by atoms with Crippen molar-refractivity contribution in [1.29, 1.82) is 0 Å². The predicted octanol–water partition coefficient (Wildman–Crippen LogP) is 3.29. The van der Waals surface area contributed by atoms with Crippen molar-refractivity contribution in [3.05, 3.63) is 0 Å². The maximum atomic E-state index is 10.5. The van der Waals surface area contributed by atoms with Crippen molar-refractivity contribution < 1.29 is 5.11 Å². The molecule has 2 aliphatic rings. The van der Waals surface area contributed by atoms with Gasteiger partial charge in [-0.3, -0.25) is 4.90 Å². The molecule has 2 rings (SSSR count). The van der Waals surface area contributed by atoms with Crippen LogP contribution in [0.1, 0.15) is 59.3 Å². The average Bonchev–Trinajstić information content (AvgIpc) is 2.36. The molecular weight excluding hydrogens is 222 g/mol. The van der Waals surface area contributed by atoms with Gasteiger partial charge in [0.15, 0.2) is 0 Å². The van der Waals surface area contributed by atoms with Gasteiger partial charge in [0.1, 0.15) is 0 Å². The highest BCUT2D eigenvalue weighted by atomic mass is 16.3. The summed E-state index contributed by atoms with van der Waals surface area (Å²) in [6.07, 6.45) is 7.76. The summed E-state index contributed by atoms with van der Waals surface area (Å²) in [5.41, 5.74) is 0. The number of hydrogen-bond donors (Lipinski definition) is 1. The van der Waals surface area contributed by atoms with Crippen molar-refractivity contribution in [2.24, 2.45) is 17.8 Å². The molecule has 0 aromatic rings. The van der Waals surface area contributed by atoms with E-state index in [0.29, 0.717) is 12.0 Å². The molecule has 106 valence electrons. The number of nitrogens with zero attached hydrogens (tertiary/aromatic N) is 1. The quantitative estimate of drug-likeness (QED) is 0.834. The topological polar surface area (TPSA) is 23.5 Å². The summed E-state index contributed by atoms with van der Waals surface area (Å²) in [6, 6.07) is 0.638. The van der Waals surface area contributed by atoms with Crippen molar-refractivity contribution in [2.75, 3.05) is 13.1 Å². The molecule has 1 N–H and O–H groups in total. The van der Waals surface area contributed by atoms with Crippen LogP contribution in [0.4, 0.5) is 0 Å². The lowest BCUT2D eigenvalue weighted by Crippen LogP contribution is -2.49. The Hall–Kier alpha value is -0.0800. The molecule has 1 aliphatic carbocycles. The molecule has 2 fully saturated rings. The van der Waals surface area contributed by atoms with Crippen LogP contribution in [0.3, 0.4) is 0 Å². The molecule has 1 aliphatic heterocycles. The molecule has 18 heavy (non-hydrogen) atoms. The van der Waals surface area contributed by atoms with Gasteiger partial charge in [-0.1, -0.05) is 33.1 Å². The van der Waals surface area contributed by atoms with Gasteiger partial charge in [-0.05, 0) is 43.9 Å². The highest BCUT2D eigenvalue weighted by molar-refractivity contribution is 4.85. The van der Waals surface area contributed by atoms with E-state index in [1.807, 2.05) is 0 Å². The first-order valence-corrected chi connectivity index (χ1v) is 8.00. The molecule has 0 radical (unpaired) electrons. The Kier molecular flexibility index (Phi) is 5.08. The predicted molar refractivity (Wildman–Crippen MR) is 76.6 cm³/mol. The van der Waals surface area contributed by atoms with E-state index in [4.69, 9.17) is 0 Å². The summed E-state index contributed by atoms with van der Waals surface area (Å²) < 4.78 is 0. The summed E-state index contributed by atoms with van der Waals surface area (Å²) in [6.45, 7) is 9.13. The van der Waals surface area contributed by atoms with E-state index in [1.54, 1.807) is 0 Å². The minimum atomic E-state index is -0.0924. The molecule has 2 nitrogen and oxygen atoms in total. The number of likely N-dealkylation sites (tertiary alicyclic amines) is 1. The molecule has 1 heterocycles. The molecule has 0 spiro atoms. The number of piperidine rings is 1. The van der Waals surface area contributed by atoms with E-state index >= 15 is 0 Å². The minimum Gasteiger partial charge on any atom is -0.392 e. The second kappa shape index (κ2) is 6.38. The van der Waals surface area contributed by atoms with E-state index in [-0.39, 0.29) is 6.10 Å². The molecule has 4 atom stereocenters. The van der Waals surface area contributed by atoms with E-state index < -0.39 is 0 Å². The van der Waals surface area contributed by atoms with Crippen LogP contribution in [0.25, 0.3) is 0 Å². The van der Waals surface area contributed by atoms with Crippen LogP contribution in [-0.4, -0.2) is 35.2 Å². The fourth-order valence-corrected chi connectivity index (χ4v) is 3.98. The van der Waals surface area contributed by atoms with Crippen molar-refractivity contribution in [1.82, 2.24) is 4.90 Å².